The molecule has 0 spiro atoms. The normalized spacial score (nSPS) is 12.1. The molecule has 0 aliphatic carbocycles. The standard InChI is InChI=1S/C14H16N2O/c1-17-13-4-2-3-12(10-13)14(15)9-11-5-7-16-8-6-11/h2-8,10,14H,9,15H2,1H3/t14-/m0/s1. The van der Waals surface area contributed by atoms with E-state index in [4.69, 9.17) is 10.5 Å². The molecule has 0 saturated heterocycles. The molecule has 0 amide bonds. The van der Waals surface area contributed by atoms with E-state index in [1.165, 1.54) is 5.56 Å². The molecule has 1 aromatic heterocycles. The van der Waals surface area contributed by atoms with Crippen molar-refractivity contribution >= 4 is 0 Å². The Hall–Kier alpha value is -1.87. The second-order valence-corrected chi connectivity index (χ2v) is 3.94. The Morgan fingerprint density at radius 1 is 1.24 bits per heavy atom. The molecule has 2 rings (SSSR count). The van der Waals surface area contributed by atoms with Crippen molar-refractivity contribution in [2.45, 2.75) is 12.5 Å². The Bertz CT molecular complexity index is 471. The summed E-state index contributed by atoms with van der Waals surface area (Å²) in [5, 5.41) is 0. The Balaban J connectivity index is 2.11. The summed E-state index contributed by atoms with van der Waals surface area (Å²) in [5.41, 5.74) is 8.45. The minimum atomic E-state index is -0.0208. The van der Waals surface area contributed by atoms with Gasteiger partial charge in [-0.2, -0.15) is 0 Å². The van der Waals surface area contributed by atoms with E-state index in [1.54, 1.807) is 19.5 Å². The van der Waals surface area contributed by atoms with Gasteiger partial charge in [0.25, 0.3) is 0 Å². The summed E-state index contributed by atoms with van der Waals surface area (Å²) in [6.07, 6.45) is 4.37. The maximum Gasteiger partial charge on any atom is 0.119 e. The second-order valence-electron chi connectivity index (χ2n) is 3.94. The lowest BCUT2D eigenvalue weighted by atomic mass is 10.0. The molecule has 3 nitrogen and oxygen atoms in total. The fraction of sp³-hybridized carbons (Fsp3) is 0.214. The van der Waals surface area contributed by atoms with Crippen LogP contribution in [0.3, 0.4) is 0 Å². The highest BCUT2D eigenvalue weighted by molar-refractivity contribution is 5.31. The van der Waals surface area contributed by atoms with Crippen LogP contribution >= 0.6 is 0 Å². The van der Waals surface area contributed by atoms with Crippen molar-refractivity contribution < 1.29 is 4.74 Å². The number of aromatic nitrogens is 1. The van der Waals surface area contributed by atoms with Gasteiger partial charge in [0.1, 0.15) is 5.75 Å². The molecule has 0 saturated carbocycles. The summed E-state index contributed by atoms with van der Waals surface area (Å²) in [6.45, 7) is 0. The Kier molecular flexibility index (Phi) is 3.73. The van der Waals surface area contributed by atoms with Crippen LogP contribution in [0.5, 0.6) is 5.75 Å². The average molecular weight is 228 g/mol. The molecule has 1 atom stereocenters. The molecule has 0 fully saturated rings. The molecule has 2 aromatic rings. The summed E-state index contributed by atoms with van der Waals surface area (Å²) < 4.78 is 5.19. The molecule has 88 valence electrons. The predicted octanol–water partition coefficient (Wildman–Crippen LogP) is 2.33. The summed E-state index contributed by atoms with van der Waals surface area (Å²) in [4.78, 5) is 3.99. The first-order valence-electron chi connectivity index (χ1n) is 5.58. The summed E-state index contributed by atoms with van der Waals surface area (Å²) in [5.74, 6) is 0.840. The number of nitrogens with two attached hydrogens (primary N) is 1. The number of rotatable bonds is 4. The van der Waals surface area contributed by atoms with Crippen molar-refractivity contribution in [1.29, 1.82) is 0 Å². The minimum Gasteiger partial charge on any atom is -0.497 e. The van der Waals surface area contributed by atoms with Crippen LogP contribution in [-0.2, 0) is 6.42 Å². The summed E-state index contributed by atoms with van der Waals surface area (Å²) in [6, 6.07) is 11.8. The fourth-order valence-corrected chi connectivity index (χ4v) is 1.76. The Morgan fingerprint density at radius 3 is 2.71 bits per heavy atom. The van der Waals surface area contributed by atoms with Crippen LogP contribution in [0.2, 0.25) is 0 Å². The maximum absolute atomic E-state index is 6.17. The van der Waals surface area contributed by atoms with Gasteiger partial charge in [-0.25, -0.2) is 0 Å². The fourth-order valence-electron chi connectivity index (χ4n) is 1.76. The zero-order chi connectivity index (χ0) is 12.1. The monoisotopic (exact) mass is 228 g/mol. The van der Waals surface area contributed by atoms with Gasteiger partial charge < -0.3 is 10.5 Å². The van der Waals surface area contributed by atoms with E-state index in [9.17, 15) is 0 Å². The Labute approximate surface area is 101 Å². The van der Waals surface area contributed by atoms with Crippen LogP contribution in [0, 0.1) is 0 Å². The molecule has 1 aromatic carbocycles. The smallest absolute Gasteiger partial charge is 0.119 e. The van der Waals surface area contributed by atoms with Crippen molar-refractivity contribution in [1.82, 2.24) is 4.98 Å². The van der Waals surface area contributed by atoms with Gasteiger partial charge in [-0.3, -0.25) is 4.98 Å². The lowest BCUT2D eigenvalue weighted by Crippen LogP contribution is -2.13. The van der Waals surface area contributed by atoms with Gasteiger partial charge in [0.2, 0.25) is 0 Å². The highest BCUT2D eigenvalue weighted by Gasteiger charge is 2.07. The van der Waals surface area contributed by atoms with Gasteiger partial charge in [0.15, 0.2) is 0 Å². The molecule has 2 N–H and O–H groups in total. The van der Waals surface area contributed by atoms with Gasteiger partial charge in [-0.1, -0.05) is 12.1 Å². The van der Waals surface area contributed by atoms with Gasteiger partial charge in [0.05, 0.1) is 7.11 Å². The van der Waals surface area contributed by atoms with Gasteiger partial charge >= 0.3 is 0 Å². The Morgan fingerprint density at radius 2 is 2.00 bits per heavy atom. The predicted molar refractivity (Wildman–Crippen MR) is 67.9 cm³/mol. The van der Waals surface area contributed by atoms with E-state index in [-0.39, 0.29) is 6.04 Å². The first-order chi connectivity index (χ1) is 8.29. The van der Waals surface area contributed by atoms with Crippen LogP contribution in [0.15, 0.2) is 48.8 Å². The number of methoxy groups -OCH3 is 1. The average Bonchev–Trinajstić information content (AvgIpc) is 2.40. The largest absolute Gasteiger partial charge is 0.497 e. The van der Waals surface area contributed by atoms with Crippen molar-refractivity contribution in [3.63, 3.8) is 0 Å². The van der Waals surface area contributed by atoms with Crippen LogP contribution in [-0.4, -0.2) is 12.1 Å². The van der Waals surface area contributed by atoms with Crippen LogP contribution < -0.4 is 10.5 Å². The third kappa shape index (κ3) is 3.04. The number of ether oxygens (including phenoxy) is 1. The summed E-state index contributed by atoms with van der Waals surface area (Å²) in [7, 11) is 1.66. The SMILES string of the molecule is COc1cccc([C@@H](N)Cc2ccncc2)c1. The molecule has 0 aliphatic heterocycles. The highest BCUT2D eigenvalue weighted by atomic mass is 16.5. The topological polar surface area (TPSA) is 48.1 Å². The van der Waals surface area contributed by atoms with Gasteiger partial charge in [-0.05, 0) is 41.8 Å². The van der Waals surface area contributed by atoms with Crippen LogP contribution in [0.1, 0.15) is 17.2 Å². The van der Waals surface area contributed by atoms with E-state index < -0.39 is 0 Å². The molecule has 0 unspecified atom stereocenters. The molecule has 3 heteroatoms. The lowest BCUT2D eigenvalue weighted by Gasteiger charge is -2.13. The van der Waals surface area contributed by atoms with Crippen molar-refractivity contribution in [2.75, 3.05) is 7.11 Å². The zero-order valence-corrected chi connectivity index (χ0v) is 9.84. The third-order valence-electron chi connectivity index (χ3n) is 2.73. The number of pyridine rings is 1. The summed E-state index contributed by atoms with van der Waals surface area (Å²) >= 11 is 0. The van der Waals surface area contributed by atoms with Crippen LogP contribution in [0.25, 0.3) is 0 Å². The van der Waals surface area contributed by atoms with Crippen molar-refractivity contribution in [3.8, 4) is 5.75 Å². The number of hydrogen-bond donors (Lipinski definition) is 1. The minimum absolute atomic E-state index is 0.0208. The lowest BCUT2D eigenvalue weighted by molar-refractivity contribution is 0.414. The van der Waals surface area contributed by atoms with Gasteiger partial charge in [0, 0.05) is 18.4 Å². The number of nitrogens with zero attached hydrogens (tertiary/aromatic N) is 1. The highest BCUT2D eigenvalue weighted by Crippen LogP contribution is 2.20. The van der Waals surface area contributed by atoms with E-state index in [0.717, 1.165) is 17.7 Å². The van der Waals surface area contributed by atoms with Gasteiger partial charge in [-0.15, -0.1) is 0 Å². The molecule has 0 bridgehead atoms. The first kappa shape index (κ1) is 11.6. The molecule has 17 heavy (non-hydrogen) atoms. The first-order valence-corrected chi connectivity index (χ1v) is 5.58. The van der Waals surface area contributed by atoms with Crippen LogP contribution in [0.4, 0.5) is 0 Å². The van der Waals surface area contributed by atoms with E-state index in [0.29, 0.717) is 0 Å². The molecule has 0 aliphatic rings. The van der Waals surface area contributed by atoms with Crippen molar-refractivity contribution in [2.24, 2.45) is 5.73 Å². The van der Waals surface area contributed by atoms with Crippen molar-refractivity contribution in [3.05, 3.63) is 59.9 Å². The van der Waals surface area contributed by atoms with E-state index in [2.05, 4.69) is 4.98 Å². The quantitative estimate of drug-likeness (QED) is 0.873. The van der Waals surface area contributed by atoms with E-state index in [1.807, 2.05) is 36.4 Å². The molecule has 1 heterocycles. The van der Waals surface area contributed by atoms with E-state index >= 15 is 0 Å². The molecule has 0 radical (unpaired) electrons. The second kappa shape index (κ2) is 5.46. The maximum atomic E-state index is 6.17. The third-order valence-corrected chi connectivity index (χ3v) is 2.73. The molecular weight excluding hydrogens is 212 g/mol. The molecular formula is C14H16N2O. The zero-order valence-electron chi connectivity index (χ0n) is 9.84. The number of hydrogen-bond acceptors (Lipinski definition) is 3. The number of benzene rings is 1.